The summed E-state index contributed by atoms with van der Waals surface area (Å²) in [7, 11) is -0.176. The number of nitrogens with zero attached hydrogens (tertiary/aromatic N) is 1. The van der Waals surface area contributed by atoms with Gasteiger partial charge in [0.2, 0.25) is 5.58 Å². The molecule has 0 amide bonds. The van der Waals surface area contributed by atoms with Gasteiger partial charge in [-0.3, -0.25) is 0 Å². The van der Waals surface area contributed by atoms with Crippen LogP contribution < -0.4 is 15.2 Å². The molecule has 2 radical (unpaired) electrons. The number of rotatable bonds is 12. The van der Waals surface area contributed by atoms with E-state index < -0.39 is 19.1 Å². The van der Waals surface area contributed by atoms with Crippen LogP contribution in [0.1, 0.15) is 38.8 Å². The van der Waals surface area contributed by atoms with Gasteiger partial charge in [0.1, 0.15) is 0 Å². The topological polar surface area (TPSA) is 61.3 Å². The Morgan fingerprint density at radius 2 is 1.39 bits per heavy atom. The van der Waals surface area contributed by atoms with Crippen LogP contribution in [0.2, 0.25) is 0 Å². The van der Waals surface area contributed by atoms with E-state index >= 15 is 8.78 Å². The van der Waals surface area contributed by atoms with Gasteiger partial charge in [0.25, 0.3) is 21.2 Å². The second-order valence-corrected chi connectivity index (χ2v) is 14.5. The maximum Gasteiger partial charge on any atom is 0.393 e. The van der Waals surface area contributed by atoms with Gasteiger partial charge in [-0.2, -0.15) is 0 Å². The predicted molar refractivity (Wildman–Crippen MR) is 194 cm³/mol. The maximum absolute atomic E-state index is 15.1. The van der Waals surface area contributed by atoms with Gasteiger partial charge in [-0.05, 0) is 64.4 Å². The lowest BCUT2D eigenvalue weighted by Gasteiger charge is -2.23. The molecule has 49 heavy (non-hydrogen) atoms. The van der Waals surface area contributed by atoms with Crippen molar-refractivity contribution in [1.29, 1.82) is 0 Å². The van der Waals surface area contributed by atoms with E-state index in [1.165, 1.54) is 0 Å². The molecule has 1 heterocycles. The highest BCUT2D eigenvalue weighted by molar-refractivity contribution is 6.47. The lowest BCUT2D eigenvalue weighted by molar-refractivity contribution is -0.569. The van der Waals surface area contributed by atoms with Crippen molar-refractivity contribution in [2.24, 2.45) is 0 Å². The minimum absolute atomic E-state index is 0.112. The molecule has 1 aromatic heterocycles. The minimum Gasteiger partial charge on any atom is -0.615 e. The standard InChI is InChI=1S/C41H40F2N2O3Si/c1-28(44-26-41(42,43)27-47-49-35-23-15-14-22-34(35)40(2,3)4)24-32-25-33(29-16-8-5-9-17-29)36(30-18-10-6-11-19-30)37-38(32)48-39(45(37)46)31-20-12-7-13-21-31/h5-23,25,28,44H,24,26-27H2,1-4H3. The van der Waals surface area contributed by atoms with Gasteiger partial charge in [0, 0.05) is 11.6 Å². The number of benzene rings is 5. The minimum atomic E-state index is -3.08. The van der Waals surface area contributed by atoms with E-state index in [4.69, 9.17) is 8.84 Å². The zero-order valence-electron chi connectivity index (χ0n) is 28.2. The summed E-state index contributed by atoms with van der Waals surface area (Å²) in [4.78, 5) is 0. The van der Waals surface area contributed by atoms with Crippen molar-refractivity contribution in [2.75, 3.05) is 13.2 Å². The number of fused-ring (bicyclic) bond motifs is 1. The second-order valence-electron chi connectivity index (χ2n) is 13.5. The number of alkyl halides is 2. The molecule has 0 fully saturated rings. The third-order valence-electron chi connectivity index (χ3n) is 8.52. The molecular formula is C41H40F2N2O3Si. The van der Waals surface area contributed by atoms with Gasteiger partial charge in [0.05, 0.1) is 24.3 Å². The monoisotopic (exact) mass is 674 g/mol. The molecule has 6 rings (SSSR count). The van der Waals surface area contributed by atoms with E-state index in [-0.39, 0.29) is 27.1 Å². The number of oxazole rings is 1. The summed E-state index contributed by atoms with van der Waals surface area (Å²) >= 11 is 0. The smallest absolute Gasteiger partial charge is 0.393 e. The summed E-state index contributed by atoms with van der Waals surface area (Å²) in [6.45, 7) is 6.93. The lowest BCUT2D eigenvalue weighted by atomic mass is 9.87. The van der Waals surface area contributed by atoms with Crippen molar-refractivity contribution in [2.45, 2.75) is 51.5 Å². The van der Waals surface area contributed by atoms with Gasteiger partial charge in [-0.15, -0.1) is 4.73 Å². The van der Waals surface area contributed by atoms with Crippen molar-refractivity contribution in [3.05, 3.63) is 138 Å². The van der Waals surface area contributed by atoms with Crippen molar-refractivity contribution >= 4 is 26.0 Å². The van der Waals surface area contributed by atoms with Crippen LogP contribution in [0.25, 0.3) is 44.8 Å². The average molecular weight is 675 g/mol. The molecule has 0 aliphatic carbocycles. The molecule has 6 aromatic rings. The van der Waals surface area contributed by atoms with Crippen LogP contribution >= 0.6 is 0 Å². The van der Waals surface area contributed by atoms with Crippen LogP contribution in [-0.2, 0) is 16.3 Å². The average Bonchev–Trinajstić information content (AvgIpc) is 3.45. The number of aromatic nitrogens is 1. The molecule has 1 unspecified atom stereocenters. The molecule has 0 aliphatic rings. The Labute approximate surface area is 289 Å². The zero-order chi connectivity index (χ0) is 34.6. The fourth-order valence-electron chi connectivity index (χ4n) is 6.13. The Bertz CT molecular complexity index is 2010. The highest BCUT2D eigenvalue weighted by Crippen LogP contribution is 2.41. The first-order chi connectivity index (χ1) is 23.5. The van der Waals surface area contributed by atoms with E-state index in [2.05, 4.69) is 26.1 Å². The lowest BCUT2D eigenvalue weighted by Crippen LogP contribution is -2.42. The van der Waals surface area contributed by atoms with Crippen molar-refractivity contribution in [3.8, 4) is 33.7 Å². The van der Waals surface area contributed by atoms with E-state index in [1.807, 2.05) is 128 Å². The highest BCUT2D eigenvalue weighted by Gasteiger charge is 2.32. The van der Waals surface area contributed by atoms with E-state index in [0.717, 1.165) is 43.3 Å². The highest BCUT2D eigenvalue weighted by atomic mass is 28.2. The fourth-order valence-corrected chi connectivity index (χ4v) is 7.30. The third kappa shape index (κ3) is 7.83. The molecule has 0 aliphatic heterocycles. The Morgan fingerprint density at radius 1 is 0.816 bits per heavy atom. The Kier molecular flexibility index (Phi) is 10.1. The van der Waals surface area contributed by atoms with Gasteiger partial charge in [-0.25, -0.2) is 8.78 Å². The summed E-state index contributed by atoms with van der Waals surface area (Å²) in [5.74, 6) is -2.90. The first-order valence-corrected chi connectivity index (χ1v) is 17.4. The van der Waals surface area contributed by atoms with Crippen LogP contribution in [0.4, 0.5) is 8.78 Å². The number of hydrogen-bond donors (Lipinski definition) is 1. The molecule has 250 valence electrons. The number of nitrogens with one attached hydrogen (secondary N) is 1. The largest absolute Gasteiger partial charge is 0.615 e. The van der Waals surface area contributed by atoms with E-state index in [9.17, 15) is 5.21 Å². The van der Waals surface area contributed by atoms with Crippen LogP contribution in [0.5, 0.6) is 0 Å². The molecule has 8 heteroatoms. The van der Waals surface area contributed by atoms with Gasteiger partial charge >= 0.3 is 5.89 Å². The summed E-state index contributed by atoms with van der Waals surface area (Å²) in [6, 6.07) is 38.4. The Morgan fingerprint density at radius 3 is 2.02 bits per heavy atom. The molecule has 5 aromatic carbocycles. The normalized spacial score (nSPS) is 12.8. The number of halogens is 2. The van der Waals surface area contributed by atoms with Crippen LogP contribution in [0.3, 0.4) is 0 Å². The summed E-state index contributed by atoms with van der Waals surface area (Å²) in [5.41, 5.74) is 6.65. The Hall–Kier alpha value is -4.63. The third-order valence-corrected chi connectivity index (χ3v) is 9.47. The molecule has 1 N–H and O–H groups in total. The summed E-state index contributed by atoms with van der Waals surface area (Å²) < 4.78 is 43.1. The molecule has 1 atom stereocenters. The van der Waals surface area contributed by atoms with E-state index in [1.54, 1.807) is 0 Å². The molecule has 0 bridgehead atoms. The Balaban J connectivity index is 1.29. The molecule has 0 saturated carbocycles. The SMILES string of the molecule is CC(Cc1cc(-c2ccccc2)c(-c2ccccc2)c2c1oc(-c1ccccc1)[n+]2[O-])NCC(F)(F)CO[Si]c1ccccc1C(C)(C)C. The molecular weight excluding hydrogens is 635 g/mol. The fraction of sp³-hybridized carbons (Fsp3) is 0.244. The zero-order valence-corrected chi connectivity index (χ0v) is 29.2. The first kappa shape index (κ1) is 34.2. The first-order valence-electron chi connectivity index (χ1n) is 16.5. The molecule has 0 spiro atoms. The van der Waals surface area contributed by atoms with Gasteiger partial charge in [-0.1, -0.05) is 124 Å². The van der Waals surface area contributed by atoms with Crippen molar-refractivity contribution < 1.29 is 22.4 Å². The molecule has 0 saturated heterocycles. The van der Waals surface area contributed by atoms with Crippen molar-refractivity contribution in [3.63, 3.8) is 0 Å². The molecule has 5 nitrogen and oxygen atoms in total. The predicted octanol–water partition coefficient (Wildman–Crippen LogP) is 8.48. The second kappa shape index (κ2) is 14.5. The van der Waals surface area contributed by atoms with Crippen LogP contribution in [-0.4, -0.2) is 34.9 Å². The van der Waals surface area contributed by atoms with Gasteiger partial charge < -0.3 is 19.4 Å². The van der Waals surface area contributed by atoms with Crippen LogP contribution in [0.15, 0.2) is 126 Å². The summed E-state index contributed by atoms with van der Waals surface area (Å²) in [6.07, 6.45) is 0.352. The quantitative estimate of drug-likeness (QED) is 0.0804. The van der Waals surface area contributed by atoms with Gasteiger partial charge in [0.15, 0.2) is 0 Å². The van der Waals surface area contributed by atoms with Crippen molar-refractivity contribution in [1.82, 2.24) is 5.32 Å². The summed E-state index contributed by atoms with van der Waals surface area (Å²) in [5, 5.41) is 18.1. The van der Waals surface area contributed by atoms with Crippen LogP contribution in [0, 0.1) is 5.21 Å². The maximum atomic E-state index is 15.1. The number of hydrogen-bond acceptors (Lipinski definition) is 4. The van der Waals surface area contributed by atoms with E-state index in [0.29, 0.717) is 23.1 Å².